The number of para-hydroxylation sites is 1. The van der Waals surface area contributed by atoms with E-state index in [1.54, 1.807) is 13.0 Å². The molecule has 1 aromatic carbocycles. The van der Waals surface area contributed by atoms with Gasteiger partial charge in [0.1, 0.15) is 29.8 Å². The summed E-state index contributed by atoms with van der Waals surface area (Å²) in [5.74, 6) is -1.68. The van der Waals surface area contributed by atoms with E-state index < -0.39 is 68.2 Å². The molecule has 7 aliphatic rings. The van der Waals surface area contributed by atoms with Gasteiger partial charge in [0.25, 0.3) is 5.91 Å². The van der Waals surface area contributed by atoms with E-state index in [-0.39, 0.29) is 37.3 Å². The summed E-state index contributed by atoms with van der Waals surface area (Å²) >= 11 is 0. The Morgan fingerprint density at radius 1 is 0.968 bits per heavy atom. The Hall–Kier alpha value is -4.28. The SMILES string of the molecule is C=C[C@@H]1C[C@]1(NC(=O)[C@@H]1C[C@@H]2CN1C(=O)[C@H](C1CCCCC1)NC(=O)O[C@@H]1C[C@H]1CCCCCc1c(nc3ccccc3c1CN1CCN(C)CC1)O2)C(=O)NS(=O)(=O)C1(C)CC1. The highest BCUT2D eigenvalue weighted by atomic mass is 32.2. The Kier molecular flexibility index (Phi) is 12.3. The summed E-state index contributed by atoms with van der Waals surface area (Å²) in [7, 11) is -1.84. The molecule has 3 aliphatic heterocycles. The Bertz CT molecular complexity index is 2220. The lowest BCUT2D eigenvalue weighted by atomic mass is 9.83. The highest BCUT2D eigenvalue weighted by molar-refractivity contribution is 7.91. The van der Waals surface area contributed by atoms with Crippen molar-refractivity contribution in [3.63, 3.8) is 0 Å². The van der Waals surface area contributed by atoms with Crippen molar-refractivity contribution in [2.45, 2.75) is 144 Å². The van der Waals surface area contributed by atoms with Crippen LogP contribution in [0.2, 0.25) is 0 Å². The lowest BCUT2D eigenvalue weighted by molar-refractivity contribution is -0.142. The van der Waals surface area contributed by atoms with Crippen molar-refractivity contribution in [3.05, 3.63) is 48.0 Å². The van der Waals surface area contributed by atoms with Crippen LogP contribution in [0.5, 0.6) is 5.88 Å². The normalized spacial score (nSPS) is 31.8. The van der Waals surface area contributed by atoms with Crippen molar-refractivity contribution < 1.29 is 37.1 Å². The molecule has 4 heterocycles. The molecule has 4 saturated carbocycles. The van der Waals surface area contributed by atoms with E-state index in [1.165, 1.54) is 10.5 Å². The van der Waals surface area contributed by atoms with Crippen molar-refractivity contribution in [2.24, 2.45) is 17.8 Å². The fraction of sp³-hybridized carbons (Fsp3) is 0.681. The molecular formula is C47H65N7O8S. The fourth-order valence-corrected chi connectivity index (χ4v) is 11.9. The van der Waals surface area contributed by atoms with Crippen molar-refractivity contribution in [1.82, 2.24) is 35.0 Å². The fourth-order valence-electron chi connectivity index (χ4n) is 10.6. The van der Waals surface area contributed by atoms with Crippen LogP contribution >= 0.6 is 0 Å². The van der Waals surface area contributed by atoms with Gasteiger partial charge in [-0.05, 0) is 95.2 Å². The first-order valence-corrected chi connectivity index (χ1v) is 25.0. The van der Waals surface area contributed by atoms with Crippen LogP contribution in [0.15, 0.2) is 36.9 Å². The van der Waals surface area contributed by atoms with Gasteiger partial charge < -0.3 is 29.9 Å². The number of ether oxygens (including phenoxy) is 2. The first kappa shape index (κ1) is 43.9. The standard InChI is InChI=1S/C47H65N7O8S/c1-4-32-27-47(32,44(57)51-63(59,60)46(2)19-20-46)50-41(55)38-26-33-28-54(38)43(56)40(30-13-7-5-8-14-30)49-45(58)62-39-25-31(39)15-9-6-10-17-35-36(29-53-23-21-52(3)22-24-53)34-16-11-12-18-37(34)48-42(35)61-33/h4,11-12,16,18,30-33,38-40H,1,5-10,13-15,17,19-29H2,2-3H3,(H,49,58)(H,50,55)(H,51,57)/t31-,32-,33-,38+,39-,40+,47-/m1/s1. The number of sulfonamides is 1. The molecular weight excluding hydrogens is 823 g/mol. The molecule has 2 aromatic rings. The minimum absolute atomic E-state index is 0.0418. The largest absolute Gasteiger partial charge is 0.472 e. The summed E-state index contributed by atoms with van der Waals surface area (Å²) in [4.78, 5) is 68.9. The van der Waals surface area contributed by atoms with E-state index in [0.717, 1.165) is 120 Å². The molecule has 15 nitrogen and oxygen atoms in total. The molecule has 342 valence electrons. The molecule has 0 radical (unpaired) electrons. The predicted octanol–water partition coefficient (Wildman–Crippen LogP) is 4.57. The lowest BCUT2D eigenvalue weighted by Gasteiger charge is -2.34. The van der Waals surface area contributed by atoms with Crippen LogP contribution < -0.4 is 20.1 Å². The van der Waals surface area contributed by atoms with Gasteiger partial charge in [0.2, 0.25) is 27.7 Å². The zero-order valence-electron chi connectivity index (χ0n) is 36.9. The maximum atomic E-state index is 15.1. The number of piperazine rings is 1. The molecule has 0 unspecified atom stereocenters. The first-order valence-electron chi connectivity index (χ1n) is 23.5. The molecule has 3 N–H and O–H groups in total. The topological polar surface area (TPSA) is 180 Å². The molecule has 6 fully saturated rings. The highest BCUT2D eigenvalue weighted by Gasteiger charge is 2.63. The summed E-state index contributed by atoms with van der Waals surface area (Å²) in [5.41, 5.74) is 1.51. The number of aromatic nitrogens is 1. The van der Waals surface area contributed by atoms with Gasteiger partial charge in [-0.2, -0.15) is 0 Å². The molecule has 4 aliphatic carbocycles. The number of hydrogen-bond donors (Lipinski definition) is 3. The highest BCUT2D eigenvalue weighted by Crippen LogP contribution is 2.47. The first-order chi connectivity index (χ1) is 30.3. The van der Waals surface area contributed by atoms with Crippen LogP contribution in [0.3, 0.4) is 0 Å². The van der Waals surface area contributed by atoms with Gasteiger partial charge in [0.05, 0.1) is 16.8 Å². The van der Waals surface area contributed by atoms with Gasteiger partial charge >= 0.3 is 6.09 Å². The van der Waals surface area contributed by atoms with Gasteiger partial charge in [-0.15, -0.1) is 6.58 Å². The number of alkyl carbamates (subject to hydrolysis) is 1. The zero-order valence-corrected chi connectivity index (χ0v) is 37.8. The van der Waals surface area contributed by atoms with Gasteiger partial charge in [-0.1, -0.05) is 56.4 Å². The van der Waals surface area contributed by atoms with Crippen molar-refractivity contribution in [2.75, 3.05) is 39.8 Å². The predicted molar refractivity (Wildman–Crippen MR) is 237 cm³/mol. The molecule has 63 heavy (non-hydrogen) atoms. The second-order valence-corrected chi connectivity index (χ2v) is 22.1. The molecule has 16 heteroatoms. The number of pyridine rings is 1. The third-order valence-electron chi connectivity index (χ3n) is 15.3. The average Bonchev–Trinajstić information content (AvgIpc) is 4.23. The van der Waals surface area contributed by atoms with Crippen molar-refractivity contribution >= 4 is 44.7 Å². The van der Waals surface area contributed by atoms with Gasteiger partial charge in [0, 0.05) is 56.0 Å². The second-order valence-electron chi connectivity index (χ2n) is 19.9. The number of fused-ring (bicyclic) bond motifs is 5. The van der Waals surface area contributed by atoms with Gasteiger partial charge in [-0.25, -0.2) is 18.2 Å². The van der Waals surface area contributed by atoms with Crippen molar-refractivity contribution in [3.8, 4) is 5.88 Å². The number of rotatable bonds is 9. The number of carbonyl (C=O) groups is 4. The summed E-state index contributed by atoms with van der Waals surface area (Å²) < 4.78 is 40.6. The number of likely N-dealkylation sites (N-methyl/N-ethyl adjacent to an activating group) is 1. The van der Waals surface area contributed by atoms with Crippen molar-refractivity contribution in [1.29, 1.82) is 0 Å². The van der Waals surface area contributed by atoms with Crippen LogP contribution in [0.1, 0.15) is 108 Å². The number of carbonyl (C=O) groups excluding carboxylic acids is 4. The van der Waals surface area contributed by atoms with Crippen LogP contribution in [0.4, 0.5) is 4.79 Å². The van der Waals surface area contributed by atoms with Crippen LogP contribution in [-0.2, 0) is 42.1 Å². The number of hydrogen-bond acceptors (Lipinski definition) is 11. The Morgan fingerprint density at radius 3 is 2.40 bits per heavy atom. The zero-order chi connectivity index (χ0) is 44.1. The molecule has 7 atom stereocenters. The average molecular weight is 888 g/mol. The summed E-state index contributed by atoms with van der Waals surface area (Å²) in [5, 5.41) is 6.99. The maximum Gasteiger partial charge on any atom is 0.408 e. The molecule has 0 spiro atoms. The second kappa shape index (κ2) is 17.6. The Morgan fingerprint density at radius 2 is 1.68 bits per heavy atom. The number of nitrogens with one attached hydrogen (secondary N) is 3. The lowest BCUT2D eigenvalue weighted by Crippen LogP contribution is -2.59. The summed E-state index contributed by atoms with van der Waals surface area (Å²) in [6.45, 7) is 10.1. The van der Waals surface area contributed by atoms with E-state index in [1.807, 2.05) is 12.1 Å². The third kappa shape index (κ3) is 9.18. The number of amides is 4. The molecule has 2 saturated heterocycles. The minimum Gasteiger partial charge on any atom is -0.472 e. The van der Waals surface area contributed by atoms with Gasteiger partial charge in [-0.3, -0.25) is 24.0 Å². The number of nitrogens with zero attached hydrogens (tertiary/aromatic N) is 4. The molecule has 2 bridgehead atoms. The van der Waals surface area contributed by atoms with Gasteiger partial charge in [0.15, 0.2) is 0 Å². The van der Waals surface area contributed by atoms with E-state index in [2.05, 4.69) is 50.9 Å². The Labute approximate surface area is 371 Å². The van der Waals surface area contributed by atoms with E-state index >= 15 is 4.79 Å². The van der Waals surface area contributed by atoms with Crippen LogP contribution in [-0.4, -0.2) is 126 Å². The minimum atomic E-state index is -4.00. The van der Waals surface area contributed by atoms with E-state index in [4.69, 9.17) is 14.5 Å². The quantitative estimate of drug-likeness (QED) is 0.301. The summed E-state index contributed by atoms with van der Waals surface area (Å²) in [6, 6.07) is 6.14. The summed E-state index contributed by atoms with van der Waals surface area (Å²) in [6.07, 6.45) is 11.0. The van der Waals surface area contributed by atoms with Crippen LogP contribution in [0.25, 0.3) is 10.9 Å². The Balaban J connectivity index is 1.07. The third-order valence-corrected chi connectivity index (χ3v) is 17.5. The van der Waals surface area contributed by atoms with E-state index in [0.29, 0.717) is 18.7 Å². The monoisotopic (exact) mass is 887 g/mol. The molecule has 1 aromatic heterocycles. The maximum absolute atomic E-state index is 15.1. The van der Waals surface area contributed by atoms with E-state index in [9.17, 15) is 22.8 Å². The molecule has 4 amide bonds. The van der Waals surface area contributed by atoms with Crippen LogP contribution in [0, 0.1) is 17.8 Å². The number of benzene rings is 1. The molecule has 9 rings (SSSR count). The smallest absolute Gasteiger partial charge is 0.408 e.